The summed E-state index contributed by atoms with van der Waals surface area (Å²) in [5, 5.41) is 7.67. The molecular weight excluding hydrogens is 414 g/mol. The van der Waals surface area contributed by atoms with E-state index < -0.39 is 0 Å². The van der Waals surface area contributed by atoms with Gasteiger partial charge in [-0.25, -0.2) is 4.98 Å². The van der Waals surface area contributed by atoms with E-state index in [1.54, 1.807) is 12.3 Å². The molecule has 0 saturated heterocycles. The number of pyridine rings is 1. The minimum atomic E-state index is -0.362. The van der Waals surface area contributed by atoms with E-state index in [9.17, 15) is 4.79 Å². The molecule has 0 bridgehead atoms. The van der Waals surface area contributed by atoms with Gasteiger partial charge in [-0.2, -0.15) is 0 Å². The van der Waals surface area contributed by atoms with Crippen molar-refractivity contribution >= 4 is 55.8 Å². The Morgan fingerprint density at radius 1 is 1.23 bits per heavy atom. The number of fused-ring (bicyclic) bond motifs is 1. The number of hydrogen-bond acceptors (Lipinski definition) is 4. The quantitative estimate of drug-likeness (QED) is 0.602. The fraction of sp³-hybridized carbons (Fsp3) is 0.105. The fourth-order valence-corrected chi connectivity index (χ4v) is 3.50. The lowest BCUT2D eigenvalue weighted by Gasteiger charge is -2.14. The number of methoxy groups -OCH3 is 1. The van der Waals surface area contributed by atoms with Crippen LogP contribution in [0.5, 0.6) is 5.75 Å². The van der Waals surface area contributed by atoms with Gasteiger partial charge in [0.25, 0.3) is 5.91 Å². The largest absolute Gasteiger partial charge is 0.495 e. The highest BCUT2D eigenvalue weighted by Crippen LogP contribution is 2.36. The molecule has 5 nitrogen and oxygen atoms in total. The third kappa shape index (κ3) is 3.68. The SMILES string of the molecule is COc1c(C(=O)NC(=S)Nc2ncccc2C)cc2ccccc2c1Br. The van der Waals surface area contributed by atoms with Crippen LogP contribution in [0.25, 0.3) is 10.8 Å². The number of nitrogens with zero attached hydrogens (tertiary/aromatic N) is 1. The van der Waals surface area contributed by atoms with E-state index in [4.69, 9.17) is 17.0 Å². The molecule has 0 radical (unpaired) electrons. The highest BCUT2D eigenvalue weighted by atomic mass is 79.9. The Morgan fingerprint density at radius 2 is 2.00 bits per heavy atom. The minimum Gasteiger partial charge on any atom is -0.495 e. The summed E-state index contributed by atoms with van der Waals surface area (Å²) in [6.07, 6.45) is 1.66. The third-order valence-corrected chi connectivity index (χ3v) is 4.85. The molecule has 3 aromatic rings. The van der Waals surface area contributed by atoms with E-state index in [0.717, 1.165) is 20.8 Å². The van der Waals surface area contributed by atoms with Crippen LogP contribution < -0.4 is 15.4 Å². The normalized spacial score (nSPS) is 10.4. The molecule has 0 unspecified atom stereocenters. The lowest BCUT2D eigenvalue weighted by atomic mass is 10.1. The average Bonchev–Trinajstić information content (AvgIpc) is 2.63. The van der Waals surface area contributed by atoms with Crippen LogP contribution >= 0.6 is 28.1 Å². The van der Waals surface area contributed by atoms with Gasteiger partial charge in [-0.3, -0.25) is 10.1 Å². The highest BCUT2D eigenvalue weighted by molar-refractivity contribution is 9.10. The van der Waals surface area contributed by atoms with Gasteiger partial charge in [0.15, 0.2) is 5.11 Å². The predicted octanol–water partition coefficient (Wildman–Crippen LogP) is 4.44. The maximum Gasteiger partial charge on any atom is 0.261 e. The van der Waals surface area contributed by atoms with Gasteiger partial charge in [-0.15, -0.1) is 0 Å². The maximum atomic E-state index is 12.7. The summed E-state index contributed by atoms with van der Waals surface area (Å²) in [6.45, 7) is 1.91. The molecule has 3 rings (SSSR count). The van der Waals surface area contributed by atoms with Gasteiger partial charge < -0.3 is 10.1 Å². The molecular formula is C19H16BrN3O2S. The average molecular weight is 430 g/mol. The topological polar surface area (TPSA) is 63.2 Å². The van der Waals surface area contributed by atoms with E-state index in [2.05, 4.69) is 31.5 Å². The Morgan fingerprint density at radius 3 is 2.73 bits per heavy atom. The van der Waals surface area contributed by atoms with E-state index in [-0.39, 0.29) is 11.0 Å². The van der Waals surface area contributed by atoms with Crippen LogP contribution in [0.3, 0.4) is 0 Å². The number of aryl methyl sites for hydroxylation is 1. The third-order valence-electron chi connectivity index (χ3n) is 3.86. The van der Waals surface area contributed by atoms with E-state index >= 15 is 0 Å². The Hall–Kier alpha value is -2.51. The van der Waals surface area contributed by atoms with Crippen molar-refractivity contribution in [2.45, 2.75) is 6.92 Å². The maximum absolute atomic E-state index is 12.7. The van der Waals surface area contributed by atoms with Crippen molar-refractivity contribution in [2.75, 3.05) is 12.4 Å². The smallest absolute Gasteiger partial charge is 0.261 e. The zero-order valence-electron chi connectivity index (χ0n) is 14.2. The van der Waals surface area contributed by atoms with Crippen LogP contribution in [0.15, 0.2) is 53.1 Å². The summed E-state index contributed by atoms with van der Waals surface area (Å²) in [4.78, 5) is 17.0. The van der Waals surface area contributed by atoms with Crippen molar-refractivity contribution in [1.29, 1.82) is 0 Å². The number of thiocarbonyl (C=S) groups is 1. The van der Waals surface area contributed by atoms with Crippen LogP contribution in [-0.2, 0) is 0 Å². The molecule has 0 aliphatic rings. The number of halogens is 1. The van der Waals surface area contributed by atoms with Gasteiger partial charge in [0.2, 0.25) is 0 Å². The molecule has 0 fully saturated rings. The van der Waals surface area contributed by atoms with Crippen LogP contribution in [0.1, 0.15) is 15.9 Å². The number of hydrogen-bond donors (Lipinski definition) is 2. The molecule has 132 valence electrons. The van der Waals surface area contributed by atoms with Gasteiger partial charge in [-0.05, 0) is 63.5 Å². The van der Waals surface area contributed by atoms with Gasteiger partial charge in [0.1, 0.15) is 11.6 Å². The number of amides is 1. The molecule has 1 amide bonds. The molecule has 2 N–H and O–H groups in total. The lowest BCUT2D eigenvalue weighted by molar-refractivity contribution is 0.0975. The van der Waals surface area contributed by atoms with Crippen molar-refractivity contribution in [1.82, 2.24) is 10.3 Å². The molecule has 26 heavy (non-hydrogen) atoms. The summed E-state index contributed by atoms with van der Waals surface area (Å²) in [5.41, 5.74) is 1.31. The summed E-state index contributed by atoms with van der Waals surface area (Å²) in [5.74, 6) is 0.696. The molecule has 0 saturated carbocycles. The number of rotatable bonds is 3. The first-order chi connectivity index (χ1) is 12.5. The van der Waals surface area contributed by atoms with Crippen molar-refractivity contribution in [3.8, 4) is 5.75 Å². The summed E-state index contributed by atoms with van der Waals surface area (Å²) < 4.78 is 6.17. The number of nitrogens with one attached hydrogen (secondary N) is 2. The zero-order chi connectivity index (χ0) is 18.7. The van der Waals surface area contributed by atoms with Crippen LogP contribution in [0.4, 0.5) is 5.82 Å². The molecule has 0 atom stereocenters. The summed E-state index contributed by atoms with van der Waals surface area (Å²) in [6, 6.07) is 13.3. The summed E-state index contributed by atoms with van der Waals surface area (Å²) in [7, 11) is 1.53. The van der Waals surface area contributed by atoms with E-state index in [0.29, 0.717) is 17.1 Å². The Bertz CT molecular complexity index is 1010. The predicted molar refractivity (Wildman–Crippen MR) is 111 cm³/mol. The van der Waals surface area contributed by atoms with Gasteiger partial charge >= 0.3 is 0 Å². The number of benzene rings is 2. The Labute approximate surface area is 164 Å². The van der Waals surface area contributed by atoms with Crippen molar-refractivity contribution in [2.24, 2.45) is 0 Å². The molecule has 1 heterocycles. The standard InChI is InChI=1S/C19H16BrN3O2S/c1-11-6-5-9-21-17(11)22-19(26)23-18(24)14-10-12-7-3-4-8-13(12)15(20)16(14)25-2/h3-10H,1-2H3,(H2,21,22,23,24,26). The lowest BCUT2D eigenvalue weighted by Crippen LogP contribution is -2.34. The van der Waals surface area contributed by atoms with Gasteiger partial charge in [-0.1, -0.05) is 30.3 Å². The molecule has 0 aliphatic heterocycles. The molecule has 7 heteroatoms. The van der Waals surface area contributed by atoms with Gasteiger partial charge in [0.05, 0.1) is 17.1 Å². The minimum absolute atomic E-state index is 0.170. The monoisotopic (exact) mass is 429 g/mol. The number of anilines is 1. The van der Waals surface area contributed by atoms with Crippen molar-refractivity contribution in [3.05, 3.63) is 64.3 Å². The number of aromatic nitrogens is 1. The zero-order valence-corrected chi connectivity index (χ0v) is 16.6. The second-order valence-corrected chi connectivity index (χ2v) is 6.77. The second kappa shape index (κ2) is 7.80. The van der Waals surface area contributed by atoms with Crippen LogP contribution in [0, 0.1) is 6.92 Å². The highest BCUT2D eigenvalue weighted by Gasteiger charge is 2.19. The fourth-order valence-electron chi connectivity index (χ4n) is 2.58. The molecule has 0 aliphatic carbocycles. The Kier molecular flexibility index (Phi) is 5.49. The van der Waals surface area contributed by atoms with E-state index in [1.165, 1.54) is 7.11 Å². The molecule has 2 aromatic carbocycles. The van der Waals surface area contributed by atoms with E-state index in [1.807, 2.05) is 43.3 Å². The summed E-state index contributed by atoms with van der Waals surface area (Å²) >= 11 is 8.77. The molecule has 1 aromatic heterocycles. The first kappa shape index (κ1) is 18.3. The van der Waals surface area contributed by atoms with Crippen molar-refractivity contribution in [3.63, 3.8) is 0 Å². The number of carbonyl (C=O) groups is 1. The number of ether oxygens (including phenoxy) is 1. The number of carbonyl (C=O) groups excluding carboxylic acids is 1. The first-order valence-corrected chi connectivity index (χ1v) is 9.00. The molecule has 0 spiro atoms. The van der Waals surface area contributed by atoms with Crippen LogP contribution in [-0.4, -0.2) is 23.1 Å². The van der Waals surface area contributed by atoms with Gasteiger partial charge in [0, 0.05) is 6.20 Å². The van der Waals surface area contributed by atoms with Crippen LogP contribution in [0.2, 0.25) is 0 Å². The second-order valence-electron chi connectivity index (χ2n) is 5.57. The Balaban J connectivity index is 1.88. The first-order valence-electron chi connectivity index (χ1n) is 7.80. The van der Waals surface area contributed by atoms with Crippen molar-refractivity contribution < 1.29 is 9.53 Å².